The van der Waals surface area contributed by atoms with E-state index in [1.807, 2.05) is 37.3 Å². The topological polar surface area (TPSA) is 131 Å². The summed E-state index contributed by atoms with van der Waals surface area (Å²) in [5.74, 6) is 0.765. The zero-order chi connectivity index (χ0) is 24.6. The van der Waals surface area contributed by atoms with E-state index in [1.165, 1.54) is 6.08 Å². The lowest BCUT2D eigenvalue weighted by Gasteiger charge is -2.09. The van der Waals surface area contributed by atoms with Crippen molar-refractivity contribution >= 4 is 38.5 Å². The average molecular weight is 499 g/mol. The molecule has 0 bridgehead atoms. The van der Waals surface area contributed by atoms with Gasteiger partial charge in [-0.15, -0.1) is 0 Å². The van der Waals surface area contributed by atoms with Gasteiger partial charge in [-0.25, -0.2) is 8.42 Å². The maximum Gasteiger partial charge on any atom is 0.268 e. The first-order valence-corrected chi connectivity index (χ1v) is 12.8. The lowest BCUT2D eigenvalue weighted by molar-refractivity contribution is -0.112. The molecule has 0 saturated heterocycles. The fourth-order valence-corrected chi connectivity index (χ4v) is 4.13. The van der Waals surface area contributed by atoms with Crippen LogP contribution in [0.15, 0.2) is 59.3 Å². The van der Waals surface area contributed by atoms with Crippen LogP contribution in [0.5, 0.6) is 11.5 Å². The van der Waals surface area contributed by atoms with Gasteiger partial charge in [-0.1, -0.05) is 24.3 Å². The third-order valence-electron chi connectivity index (χ3n) is 4.33. The monoisotopic (exact) mass is 498 g/mol. The molecule has 1 amide bonds. The number of carbonyl (C=O) groups is 1. The molecule has 9 nitrogen and oxygen atoms in total. The number of ether oxygens (including phenoxy) is 2. The second-order valence-electron chi connectivity index (χ2n) is 7.21. The van der Waals surface area contributed by atoms with Gasteiger partial charge in [0.15, 0.2) is 0 Å². The van der Waals surface area contributed by atoms with Crippen LogP contribution < -0.4 is 14.8 Å². The molecule has 3 rings (SSSR count). The number of rotatable bonds is 10. The van der Waals surface area contributed by atoms with E-state index >= 15 is 0 Å². The Morgan fingerprint density at radius 3 is 2.47 bits per heavy atom. The molecule has 3 aromatic rings. The number of hydrogen-bond acceptors (Lipinski definition) is 9. The predicted octanol–water partition coefficient (Wildman–Crippen LogP) is 3.64. The largest absolute Gasteiger partial charge is 0.493 e. The molecule has 2 aromatic carbocycles. The highest BCUT2D eigenvalue weighted by Crippen LogP contribution is 2.18. The first-order chi connectivity index (χ1) is 16.2. The van der Waals surface area contributed by atoms with Crippen molar-refractivity contribution < 1.29 is 22.7 Å². The van der Waals surface area contributed by atoms with Crippen molar-refractivity contribution in [2.24, 2.45) is 0 Å². The van der Waals surface area contributed by atoms with E-state index in [0.717, 1.165) is 17.6 Å². The third-order valence-corrected chi connectivity index (χ3v) is 5.92. The molecule has 0 atom stereocenters. The van der Waals surface area contributed by atoms with Crippen molar-refractivity contribution in [2.75, 3.05) is 24.8 Å². The normalized spacial score (nSPS) is 11.5. The smallest absolute Gasteiger partial charge is 0.268 e. The highest BCUT2D eigenvalue weighted by molar-refractivity contribution is 7.90. The molecule has 0 fully saturated rings. The minimum atomic E-state index is -3.58. The molecule has 176 valence electrons. The van der Waals surface area contributed by atoms with Crippen LogP contribution in [0.25, 0.3) is 6.08 Å². The van der Waals surface area contributed by atoms with Crippen LogP contribution in [-0.2, 0) is 14.6 Å². The van der Waals surface area contributed by atoms with Crippen LogP contribution in [0.2, 0.25) is 0 Å². The average Bonchev–Trinajstić information content (AvgIpc) is 3.27. The minimum absolute atomic E-state index is 0.0123. The van der Waals surface area contributed by atoms with Crippen LogP contribution in [-0.4, -0.2) is 43.2 Å². The van der Waals surface area contributed by atoms with Gasteiger partial charge in [0.25, 0.3) is 11.1 Å². The zero-order valence-electron chi connectivity index (χ0n) is 18.5. The second-order valence-corrected chi connectivity index (χ2v) is 9.88. The first kappa shape index (κ1) is 24.9. The van der Waals surface area contributed by atoms with Gasteiger partial charge in [-0.3, -0.25) is 10.1 Å². The number of nitriles is 1. The van der Waals surface area contributed by atoms with Gasteiger partial charge in [0, 0.05) is 24.2 Å². The van der Waals surface area contributed by atoms with Gasteiger partial charge in [-0.2, -0.15) is 14.6 Å². The number of amides is 1. The van der Waals surface area contributed by atoms with Crippen LogP contribution in [0.3, 0.4) is 0 Å². The molecule has 0 aliphatic carbocycles. The van der Waals surface area contributed by atoms with Gasteiger partial charge in [-0.05, 0) is 48.4 Å². The molecule has 0 spiro atoms. The zero-order valence-corrected chi connectivity index (χ0v) is 20.1. The maximum atomic E-state index is 12.3. The van der Waals surface area contributed by atoms with Gasteiger partial charge in [0.2, 0.25) is 15.0 Å². The molecule has 0 radical (unpaired) electrons. The summed E-state index contributed by atoms with van der Waals surface area (Å²) in [4.78, 5) is 16.1. The molecule has 1 N–H and O–H groups in total. The highest BCUT2D eigenvalue weighted by Gasteiger charge is 2.17. The van der Waals surface area contributed by atoms with E-state index in [2.05, 4.69) is 14.7 Å². The number of carbonyl (C=O) groups excluding carboxylic acids is 1. The van der Waals surface area contributed by atoms with Crippen molar-refractivity contribution in [3.05, 3.63) is 65.2 Å². The van der Waals surface area contributed by atoms with E-state index in [0.29, 0.717) is 42.5 Å². The Morgan fingerprint density at radius 1 is 1.15 bits per heavy atom. The number of hydrogen-bond donors (Lipinski definition) is 1. The highest BCUT2D eigenvalue weighted by atomic mass is 32.2. The number of nitrogens with one attached hydrogen (secondary N) is 1. The summed E-state index contributed by atoms with van der Waals surface area (Å²) in [6, 6.07) is 16.6. The number of sulfone groups is 1. The molecule has 0 saturated carbocycles. The molecule has 0 aliphatic rings. The van der Waals surface area contributed by atoms with Gasteiger partial charge >= 0.3 is 0 Å². The Labute approximate surface area is 201 Å². The Morgan fingerprint density at radius 2 is 1.85 bits per heavy atom. The van der Waals surface area contributed by atoms with Crippen molar-refractivity contribution in [1.29, 1.82) is 5.26 Å². The van der Waals surface area contributed by atoms with E-state index < -0.39 is 15.7 Å². The molecule has 1 heterocycles. The summed E-state index contributed by atoms with van der Waals surface area (Å²) in [5.41, 5.74) is 1.59. The number of aryl methyl sites for hydroxylation is 1. The lowest BCUT2D eigenvalue weighted by Crippen LogP contribution is -2.13. The number of nitrogens with zero attached hydrogens (tertiary/aromatic N) is 3. The summed E-state index contributed by atoms with van der Waals surface area (Å²) in [5, 5.41) is 11.3. The Kier molecular flexibility index (Phi) is 8.34. The predicted molar refractivity (Wildman–Crippen MR) is 128 cm³/mol. The summed E-state index contributed by atoms with van der Waals surface area (Å²) >= 11 is 0.717. The maximum absolute atomic E-state index is 12.3. The molecule has 0 aliphatic heterocycles. The molecule has 1 aromatic heterocycles. The van der Waals surface area contributed by atoms with Gasteiger partial charge in [0.05, 0.1) is 13.2 Å². The Bertz CT molecular complexity index is 1330. The van der Waals surface area contributed by atoms with Crippen LogP contribution in [0.4, 0.5) is 5.13 Å². The summed E-state index contributed by atoms with van der Waals surface area (Å²) in [6.07, 6.45) is 3.09. The summed E-state index contributed by atoms with van der Waals surface area (Å²) in [6.45, 7) is 3.02. The number of aromatic nitrogens is 2. The number of anilines is 1. The first-order valence-electron chi connectivity index (χ1n) is 10.1. The van der Waals surface area contributed by atoms with E-state index in [4.69, 9.17) is 9.47 Å². The van der Waals surface area contributed by atoms with Crippen molar-refractivity contribution in [1.82, 2.24) is 9.36 Å². The standard InChI is InChI=1S/C23H22N4O5S2/c1-16-5-3-6-20(13-16)32-12-4-11-31-19-9-7-17(8-10-19)14-18(15-24)21(28)25-22-26-23(27-33-22)34(2,29)30/h3,5-10,13-14H,4,11-12H2,1-2H3,(H,25,26,27,28). The molecule has 11 heteroatoms. The lowest BCUT2D eigenvalue weighted by atomic mass is 10.1. The second kappa shape index (κ2) is 11.4. The fraction of sp³-hybridized carbons (Fsp3) is 0.217. The van der Waals surface area contributed by atoms with E-state index in [1.54, 1.807) is 24.3 Å². The minimum Gasteiger partial charge on any atom is -0.493 e. The van der Waals surface area contributed by atoms with Crippen molar-refractivity contribution in [3.63, 3.8) is 0 Å². The molecule has 0 unspecified atom stereocenters. The quantitative estimate of drug-likeness (QED) is 0.255. The van der Waals surface area contributed by atoms with Crippen molar-refractivity contribution in [2.45, 2.75) is 18.5 Å². The number of benzene rings is 2. The van der Waals surface area contributed by atoms with Crippen LogP contribution >= 0.6 is 11.5 Å². The van der Waals surface area contributed by atoms with Crippen LogP contribution in [0, 0.1) is 18.3 Å². The van der Waals surface area contributed by atoms with Crippen LogP contribution in [0.1, 0.15) is 17.5 Å². The molecular weight excluding hydrogens is 476 g/mol. The Balaban J connectivity index is 1.50. The van der Waals surface area contributed by atoms with Crippen molar-refractivity contribution in [3.8, 4) is 17.6 Å². The summed E-state index contributed by atoms with van der Waals surface area (Å²) in [7, 11) is -3.58. The van der Waals surface area contributed by atoms with Gasteiger partial charge in [0.1, 0.15) is 23.1 Å². The molecular formula is C23H22N4O5S2. The summed E-state index contributed by atoms with van der Waals surface area (Å²) < 4.78 is 38.0. The molecule has 34 heavy (non-hydrogen) atoms. The fourth-order valence-electron chi connectivity index (χ4n) is 2.70. The van der Waals surface area contributed by atoms with E-state index in [9.17, 15) is 18.5 Å². The third kappa shape index (κ3) is 7.40. The SMILES string of the molecule is Cc1cccc(OCCCOc2ccc(C=C(C#N)C(=O)Nc3nc(S(C)(=O)=O)ns3)cc2)c1. The van der Waals surface area contributed by atoms with Gasteiger partial charge < -0.3 is 9.47 Å². The Hall–Kier alpha value is -3.75. The van der Waals surface area contributed by atoms with E-state index in [-0.39, 0.29) is 15.9 Å².